The first-order chi connectivity index (χ1) is 26.2. The summed E-state index contributed by atoms with van der Waals surface area (Å²) in [6.45, 7) is -0.678. The number of hydrogen-bond acceptors (Lipinski definition) is 19. The molecule has 0 aromatic heterocycles. The van der Waals surface area contributed by atoms with E-state index in [4.69, 9.17) is 42.6 Å². The molecule has 13 unspecified atom stereocenters. The van der Waals surface area contributed by atoms with Gasteiger partial charge in [0.2, 0.25) is 0 Å². The highest BCUT2D eigenvalue weighted by molar-refractivity contribution is 5.87. The van der Waals surface area contributed by atoms with Gasteiger partial charge >= 0.3 is 5.97 Å². The van der Waals surface area contributed by atoms with E-state index in [-0.39, 0.29) is 36.0 Å². The Kier molecular flexibility index (Phi) is 14.3. The minimum Gasteiger partial charge on any atom is -0.504 e. The molecule has 3 fully saturated rings. The largest absolute Gasteiger partial charge is 0.504 e. The van der Waals surface area contributed by atoms with Crippen LogP contribution in [0, 0.1) is 0 Å². The summed E-state index contributed by atoms with van der Waals surface area (Å²) in [6, 6.07) is 9.00. The van der Waals surface area contributed by atoms with Crippen LogP contribution in [-0.4, -0.2) is 172 Å². The molecule has 0 radical (unpaired) electrons. The maximum atomic E-state index is 13.4. The van der Waals surface area contributed by atoms with Crippen molar-refractivity contribution in [2.45, 2.75) is 92.8 Å². The van der Waals surface area contributed by atoms with Crippen LogP contribution in [0.1, 0.15) is 18.1 Å². The van der Waals surface area contributed by atoms with Crippen LogP contribution in [0.4, 0.5) is 0 Å². The van der Waals surface area contributed by atoms with Gasteiger partial charge in [0.05, 0.1) is 46.8 Å². The average Bonchev–Trinajstić information content (AvgIpc) is 3.46. The van der Waals surface area contributed by atoms with Crippen LogP contribution in [0.25, 0.3) is 6.08 Å². The summed E-state index contributed by atoms with van der Waals surface area (Å²) >= 11 is 0. The molecule has 5 rings (SSSR count). The Balaban J connectivity index is 1.42. The number of esters is 1. The lowest BCUT2D eigenvalue weighted by Crippen LogP contribution is -2.63. The Labute approximate surface area is 315 Å². The summed E-state index contributed by atoms with van der Waals surface area (Å²) in [6.07, 6.45) is -16.2. The molecular weight excluding hydrogens is 736 g/mol. The van der Waals surface area contributed by atoms with Crippen molar-refractivity contribution in [3.8, 4) is 23.0 Å². The third kappa shape index (κ3) is 9.84. The summed E-state index contributed by atoms with van der Waals surface area (Å²) in [5.41, 5.74) is -1.06. The van der Waals surface area contributed by atoms with Crippen LogP contribution >= 0.6 is 0 Å². The molecule has 306 valence electrons. The topological polar surface area (TPSA) is 282 Å². The van der Waals surface area contributed by atoms with Gasteiger partial charge in [-0.1, -0.05) is 12.1 Å². The highest BCUT2D eigenvalue weighted by Crippen LogP contribution is 2.34. The van der Waals surface area contributed by atoms with E-state index < -0.39 is 105 Å². The van der Waals surface area contributed by atoms with Crippen molar-refractivity contribution in [1.82, 2.24) is 0 Å². The standard InChI is InChI=1S/C36H48O19/c1-17-26(41)27(42)28(43)33(52-17)50-14-24-30(54-25(40)9-6-18-4-7-20(38)23(13-18)48-3)31(55-35-32(45)36(46,15-37)16-51-35)29(44)34(53-24)49-11-10-19-5-8-22(47-2)21(39)12-19/h4-9,12-13,17,24,26-35,37-39,41-46H,10-11,14-16H2,1-3H3. The molecule has 19 heteroatoms. The third-order valence-electron chi connectivity index (χ3n) is 9.50. The third-order valence-corrected chi connectivity index (χ3v) is 9.50. The lowest BCUT2D eigenvalue weighted by molar-refractivity contribution is -0.344. The van der Waals surface area contributed by atoms with Gasteiger partial charge in [0, 0.05) is 6.08 Å². The van der Waals surface area contributed by atoms with Crippen molar-refractivity contribution >= 4 is 12.0 Å². The van der Waals surface area contributed by atoms with E-state index in [1.165, 1.54) is 51.5 Å². The van der Waals surface area contributed by atoms with Gasteiger partial charge in [0.1, 0.15) is 48.3 Å². The first-order valence-corrected chi connectivity index (χ1v) is 17.4. The van der Waals surface area contributed by atoms with Gasteiger partial charge in [0.15, 0.2) is 48.0 Å². The van der Waals surface area contributed by atoms with Crippen LogP contribution in [0.15, 0.2) is 42.5 Å². The van der Waals surface area contributed by atoms with E-state index in [0.29, 0.717) is 11.1 Å². The number of aliphatic hydroxyl groups is 7. The molecule has 55 heavy (non-hydrogen) atoms. The predicted octanol–water partition coefficient (Wildman–Crippen LogP) is -1.94. The Morgan fingerprint density at radius 1 is 0.855 bits per heavy atom. The van der Waals surface area contributed by atoms with Gasteiger partial charge in [-0.05, 0) is 54.8 Å². The van der Waals surface area contributed by atoms with Gasteiger partial charge < -0.3 is 88.6 Å². The number of phenols is 2. The zero-order valence-corrected chi connectivity index (χ0v) is 30.2. The molecular formula is C36H48O19. The smallest absolute Gasteiger partial charge is 0.331 e. The number of hydrogen-bond donors (Lipinski definition) is 9. The van der Waals surface area contributed by atoms with Crippen LogP contribution in [0.3, 0.4) is 0 Å². The second-order valence-electron chi connectivity index (χ2n) is 13.3. The molecule has 3 heterocycles. The van der Waals surface area contributed by atoms with Gasteiger partial charge in [-0.2, -0.15) is 0 Å². The molecule has 0 bridgehead atoms. The van der Waals surface area contributed by atoms with E-state index in [9.17, 15) is 50.8 Å². The fourth-order valence-corrected chi connectivity index (χ4v) is 6.19. The number of rotatable bonds is 15. The predicted molar refractivity (Wildman–Crippen MR) is 184 cm³/mol. The van der Waals surface area contributed by atoms with Gasteiger partial charge in [0.25, 0.3) is 0 Å². The van der Waals surface area contributed by atoms with Crippen molar-refractivity contribution in [1.29, 1.82) is 0 Å². The van der Waals surface area contributed by atoms with Crippen molar-refractivity contribution < 1.29 is 93.4 Å². The Morgan fingerprint density at radius 2 is 1.58 bits per heavy atom. The normalized spacial score (nSPS) is 35.2. The molecule has 0 spiro atoms. The highest BCUT2D eigenvalue weighted by Gasteiger charge is 2.55. The fraction of sp³-hybridized carbons (Fsp3) is 0.583. The lowest BCUT2D eigenvalue weighted by atomic mass is 9.97. The fourth-order valence-electron chi connectivity index (χ4n) is 6.19. The van der Waals surface area contributed by atoms with Gasteiger partial charge in [-0.15, -0.1) is 0 Å². The quantitative estimate of drug-likeness (QED) is 0.0701. The monoisotopic (exact) mass is 784 g/mol. The number of aromatic hydroxyl groups is 2. The summed E-state index contributed by atoms with van der Waals surface area (Å²) < 4.78 is 50.6. The molecule has 19 nitrogen and oxygen atoms in total. The van der Waals surface area contributed by atoms with Crippen LogP contribution < -0.4 is 9.47 Å². The average molecular weight is 785 g/mol. The molecule has 0 aliphatic carbocycles. The molecule has 0 saturated carbocycles. The number of benzene rings is 2. The minimum atomic E-state index is -2.13. The summed E-state index contributed by atoms with van der Waals surface area (Å²) in [4.78, 5) is 13.4. The van der Waals surface area contributed by atoms with E-state index in [2.05, 4.69) is 0 Å². The van der Waals surface area contributed by atoms with Crippen LogP contribution in [-0.2, 0) is 44.4 Å². The van der Waals surface area contributed by atoms with Crippen molar-refractivity contribution in [3.63, 3.8) is 0 Å². The SMILES string of the molecule is COc1ccc(CCOC2OC(COC3OC(C)C(O)C(O)C3O)C(OC(=O)C=Cc3ccc(O)c(OC)c3)C(OC3OCC(O)(CO)C3O)C2O)cc1O. The lowest BCUT2D eigenvalue weighted by Gasteiger charge is -2.45. The van der Waals surface area contributed by atoms with E-state index in [1.807, 2.05) is 0 Å². The van der Waals surface area contributed by atoms with Crippen molar-refractivity contribution in [2.24, 2.45) is 0 Å². The van der Waals surface area contributed by atoms with Gasteiger partial charge in [-0.25, -0.2) is 4.79 Å². The maximum Gasteiger partial charge on any atom is 0.331 e. The summed E-state index contributed by atoms with van der Waals surface area (Å²) in [7, 11) is 2.75. The van der Waals surface area contributed by atoms with Crippen molar-refractivity contribution in [3.05, 3.63) is 53.6 Å². The van der Waals surface area contributed by atoms with Gasteiger partial charge in [-0.3, -0.25) is 0 Å². The Hall–Kier alpha value is -3.67. The number of ether oxygens (including phenoxy) is 9. The van der Waals surface area contributed by atoms with Crippen molar-refractivity contribution in [2.75, 3.05) is 40.6 Å². The van der Waals surface area contributed by atoms with E-state index in [0.717, 1.165) is 6.08 Å². The number of aliphatic hydroxyl groups excluding tert-OH is 6. The second kappa shape index (κ2) is 18.5. The molecule has 3 saturated heterocycles. The Morgan fingerprint density at radius 3 is 2.25 bits per heavy atom. The first kappa shape index (κ1) is 42.5. The minimum absolute atomic E-state index is 0.101. The Bertz CT molecular complexity index is 1610. The van der Waals surface area contributed by atoms with E-state index >= 15 is 0 Å². The molecule has 9 N–H and O–H groups in total. The molecule has 2 aromatic rings. The summed E-state index contributed by atoms with van der Waals surface area (Å²) in [5.74, 6) is -0.849. The molecule has 3 aliphatic rings. The first-order valence-electron chi connectivity index (χ1n) is 17.4. The number of carbonyl (C=O) groups excluding carboxylic acids is 1. The molecule has 3 aliphatic heterocycles. The molecule has 0 amide bonds. The summed E-state index contributed by atoms with van der Waals surface area (Å²) in [5, 5.41) is 93.9. The molecule has 13 atom stereocenters. The highest BCUT2D eigenvalue weighted by atomic mass is 16.8. The number of phenolic OH excluding ortho intramolecular Hbond substituents is 2. The van der Waals surface area contributed by atoms with Crippen LogP contribution in [0.5, 0.6) is 23.0 Å². The maximum absolute atomic E-state index is 13.4. The zero-order chi connectivity index (χ0) is 40.0. The molecule has 2 aromatic carbocycles. The number of methoxy groups -OCH3 is 2. The second-order valence-corrected chi connectivity index (χ2v) is 13.3. The van der Waals surface area contributed by atoms with Crippen LogP contribution in [0.2, 0.25) is 0 Å². The zero-order valence-electron chi connectivity index (χ0n) is 30.2. The number of carbonyl (C=O) groups is 1. The van der Waals surface area contributed by atoms with E-state index in [1.54, 1.807) is 12.1 Å².